The van der Waals surface area contributed by atoms with Gasteiger partial charge in [0.1, 0.15) is 11.4 Å². The van der Waals surface area contributed by atoms with Crippen molar-refractivity contribution < 1.29 is 4.74 Å². The van der Waals surface area contributed by atoms with Gasteiger partial charge in [0.2, 0.25) is 0 Å². The van der Waals surface area contributed by atoms with Crippen molar-refractivity contribution in [2.24, 2.45) is 5.84 Å². The molecule has 0 aliphatic heterocycles. The maximum Gasteiger partial charge on any atom is 0.142 e. The van der Waals surface area contributed by atoms with E-state index in [1.807, 2.05) is 12.1 Å². The number of nitrogens with one attached hydrogen (secondary N) is 1. The number of nitrogens with zero attached hydrogens (tertiary/aromatic N) is 3. The molecule has 1 atom stereocenters. The Labute approximate surface area is 98.8 Å². The van der Waals surface area contributed by atoms with Gasteiger partial charge in [0.15, 0.2) is 0 Å². The molecule has 2 rings (SSSR count). The second-order valence-electron chi connectivity index (χ2n) is 3.37. The van der Waals surface area contributed by atoms with Crippen LogP contribution in [0.15, 0.2) is 36.8 Å². The van der Waals surface area contributed by atoms with Crippen molar-refractivity contribution in [2.45, 2.75) is 6.04 Å². The van der Waals surface area contributed by atoms with Crippen molar-refractivity contribution >= 4 is 0 Å². The fraction of sp³-hybridized carbons (Fsp3) is 0.182. The minimum atomic E-state index is -0.276. The standard InChI is InChI=1S/C11H13N5O/c1-17-9-3-2-5-13-11(9)10(16-12)8-4-6-14-15-7-8/h2-7,10,16H,12H2,1H3. The van der Waals surface area contributed by atoms with E-state index in [1.54, 1.807) is 31.8 Å². The predicted octanol–water partition coefficient (Wildman–Crippen LogP) is 0.433. The monoisotopic (exact) mass is 231 g/mol. The van der Waals surface area contributed by atoms with Crippen LogP contribution in [-0.4, -0.2) is 22.3 Å². The van der Waals surface area contributed by atoms with Gasteiger partial charge in [-0.25, -0.2) is 5.43 Å². The van der Waals surface area contributed by atoms with E-state index in [1.165, 1.54) is 0 Å². The van der Waals surface area contributed by atoms with E-state index in [2.05, 4.69) is 20.6 Å². The van der Waals surface area contributed by atoms with E-state index in [-0.39, 0.29) is 6.04 Å². The van der Waals surface area contributed by atoms with Crippen LogP contribution in [0.1, 0.15) is 17.3 Å². The lowest BCUT2D eigenvalue weighted by Crippen LogP contribution is -2.30. The topological polar surface area (TPSA) is 86.0 Å². The van der Waals surface area contributed by atoms with Crippen molar-refractivity contribution in [3.8, 4) is 5.75 Å². The second-order valence-corrected chi connectivity index (χ2v) is 3.37. The van der Waals surface area contributed by atoms with E-state index in [9.17, 15) is 0 Å². The van der Waals surface area contributed by atoms with Gasteiger partial charge in [-0.2, -0.15) is 10.2 Å². The molecule has 17 heavy (non-hydrogen) atoms. The Balaban J connectivity index is 2.42. The minimum absolute atomic E-state index is 0.276. The average Bonchev–Trinajstić information content (AvgIpc) is 2.41. The maximum atomic E-state index is 5.57. The Morgan fingerprint density at radius 2 is 2.18 bits per heavy atom. The number of rotatable bonds is 4. The molecule has 2 aromatic rings. The quantitative estimate of drug-likeness (QED) is 0.586. The van der Waals surface area contributed by atoms with E-state index in [0.717, 1.165) is 5.56 Å². The van der Waals surface area contributed by atoms with Gasteiger partial charge < -0.3 is 4.74 Å². The third-order valence-electron chi connectivity index (χ3n) is 2.40. The van der Waals surface area contributed by atoms with Gasteiger partial charge in [-0.05, 0) is 23.8 Å². The van der Waals surface area contributed by atoms with Crippen LogP contribution in [0, 0.1) is 0 Å². The summed E-state index contributed by atoms with van der Waals surface area (Å²) in [7, 11) is 1.60. The predicted molar refractivity (Wildman–Crippen MR) is 62.0 cm³/mol. The van der Waals surface area contributed by atoms with Gasteiger partial charge in [-0.3, -0.25) is 10.8 Å². The molecule has 0 bridgehead atoms. The maximum absolute atomic E-state index is 5.57. The Kier molecular flexibility index (Phi) is 3.59. The van der Waals surface area contributed by atoms with Crippen LogP contribution in [0.5, 0.6) is 5.75 Å². The fourth-order valence-corrected chi connectivity index (χ4v) is 1.60. The molecule has 0 saturated carbocycles. The summed E-state index contributed by atoms with van der Waals surface area (Å²) in [5, 5.41) is 7.55. The zero-order chi connectivity index (χ0) is 12.1. The molecule has 0 aliphatic rings. The molecule has 0 fully saturated rings. The van der Waals surface area contributed by atoms with Crippen LogP contribution in [0.4, 0.5) is 0 Å². The van der Waals surface area contributed by atoms with Crippen LogP contribution in [0.25, 0.3) is 0 Å². The van der Waals surface area contributed by atoms with Crippen molar-refractivity contribution in [1.29, 1.82) is 0 Å². The molecule has 0 saturated heterocycles. The second kappa shape index (κ2) is 5.33. The zero-order valence-electron chi connectivity index (χ0n) is 9.37. The summed E-state index contributed by atoms with van der Waals surface area (Å²) >= 11 is 0. The third kappa shape index (κ3) is 2.38. The number of hydrazine groups is 1. The molecule has 88 valence electrons. The number of pyridine rings is 1. The Hall–Kier alpha value is -2.05. The average molecular weight is 231 g/mol. The molecule has 3 N–H and O–H groups in total. The minimum Gasteiger partial charge on any atom is -0.495 e. The number of ether oxygens (including phenoxy) is 1. The number of methoxy groups -OCH3 is 1. The van der Waals surface area contributed by atoms with E-state index < -0.39 is 0 Å². The van der Waals surface area contributed by atoms with Crippen LogP contribution in [-0.2, 0) is 0 Å². The molecule has 6 heteroatoms. The summed E-state index contributed by atoms with van der Waals surface area (Å²) in [5.41, 5.74) is 4.29. The van der Waals surface area contributed by atoms with Gasteiger partial charge in [0, 0.05) is 12.4 Å². The van der Waals surface area contributed by atoms with Crippen LogP contribution < -0.4 is 16.0 Å². The summed E-state index contributed by atoms with van der Waals surface area (Å²) in [6.45, 7) is 0. The van der Waals surface area contributed by atoms with E-state index in [0.29, 0.717) is 11.4 Å². The highest BCUT2D eigenvalue weighted by molar-refractivity contribution is 5.35. The third-order valence-corrected chi connectivity index (χ3v) is 2.40. The first-order chi connectivity index (χ1) is 8.36. The highest BCUT2D eigenvalue weighted by Gasteiger charge is 2.18. The molecular formula is C11H13N5O. The first-order valence-electron chi connectivity index (χ1n) is 5.08. The van der Waals surface area contributed by atoms with Crippen LogP contribution in [0.3, 0.4) is 0 Å². The zero-order valence-corrected chi connectivity index (χ0v) is 9.37. The lowest BCUT2D eigenvalue weighted by atomic mass is 10.1. The SMILES string of the molecule is COc1cccnc1C(NN)c1ccnnc1. The number of hydrogen-bond donors (Lipinski definition) is 2. The smallest absolute Gasteiger partial charge is 0.142 e. The van der Waals surface area contributed by atoms with Gasteiger partial charge in [0.25, 0.3) is 0 Å². The van der Waals surface area contributed by atoms with Crippen molar-refractivity contribution in [3.63, 3.8) is 0 Å². The molecular weight excluding hydrogens is 218 g/mol. The lowest BCUT2D eigenvalue weighted by Gasteiger charge is -2.17. The molecule has 0 aliphatic carbocycles. The van der Waals surface area contributed by atoms with Gasteiger partial charge >= 0.3 is 0 Å². The largest absolute Gasteiger partial charge is 0.495 e. The molecule has 0 aromatic carbocycles. The highest BCUT2D eigenvalue weighted by Crippen LogP contribution is 2.26. The summed E-state index contributed by atoms with van der Waals surface area (Å²) in [6, 6.07) is 5.19. The Morgan fingerprint density at radius 1 is 1.29 bits per heavy atom. The Bertz CT molecular complexity index is 476. The van der Waals surface area contributed by atoms with Crippen LogP contribution >= 0.6 is 0 Å². The Morgan fingerprint density at radius 3 is 2.82 bits per heavy atom. The molecule has 2 heterocycles. The van der Waals surface area contributed by atoms with E-state index in [4.69, 9.17) is 10.6 Å². The summed E-state index contributed by atoms with van der Waals surface area (Å²) < 4.78 is 5.26. The molecule has 0 amide bonds. The first-order valence-corrected chi connectivity index (χ1v) is 5.08. The van der Waals surface area contributed by atoms with Crippen LogP contribution in [0.2, 0.25) is 0 Å². The summed E-state index contributed by atoms with van der Waals surface area (Å²) in [6.07, 6.45) is 4.94. The van der Waals surface area contributed by atoms with Gasteiger partial charge in [0.05, 0.1) is 19.3 Å². The van der Waals surface area contributed by atoms with Gasteiger partial charge in [-0.1, -0.05) is 0 Å². The number of hydrogen-bond acceptors (Lipinski definition) is 6. The van der Waals surface area contributed by atoms with Gasteiger partial charge in [-0.15, -0.1) is 0 Å². The molecule has 0 radical (unpaired) electrons. The lowest BCUT2D eigenvalue weighted by molar-refractivity contribution is 0.400. The van der Waals surface area contributed by atoms with Crippen molar-refractivity contribution in [1.82, 2.24) is 20.6 Å². The first kappa shape index (κ1) is 11.4. The fourth-order valence-electron chi connectivity index (χ4n) is 1.60. The normalized spacial score (nSPS) is 12.1. The molecule has 6 nitrogen and oxygen atoms in total. The summed E-state index contributed by atoms with van der Waals surface area (Å²) in [4.78, 5) is 4.28. The summed E-state index contributed by atoms with van der Waals surface area (Å²) in [5.74, 6) is 6.24. The number of nitrogens with two attached hydrogens (primary N) is 1. The number of aromatic nitrogens is 3. The molecule has 1 unspecified atom stereocenters. The highest BCUT2D eigenvalue weighted by atomic mass is 16.5. The molecule has 0 spiro atoms. The molecule has 2 aromatic heterocycles. The van der Waals surface area contributed by atoms with E-state index >= 15 is 0 Å². The van der Waals surface area contributed by atoms with Crippen molar-refractivity contribution in [3.05, 3.63) is 48.0 Å². The van der Waals surface area contributed by atoms with Crippen molar-refractivity contribution in [2.75, 3.05) is 7.11 Å².